The highest BCUT2D eigenvalue weighted by Gasteiger charge is 2.28. The number of fused-ring (bicyclic) bond motifs is 1. The number of halogens is 1. The number of hydrogen-bond acceptors (Lipinski definition) is 9. The Bertz CT molecular complexity index is 1480. The molecule has 3 aromatic rings. The third-order valence-electron chi connectivity index (χ3n) is 7.61. The van der Waals surface area contributed by atoms with Gasteiger partial charge in [-0.1, -0.05) is 18.2 Å². The lowest BCUT2D eigenvalue weighted by atomic mass is 10.0. The molecule has 0 aliphatic carbocycles. The van der Waals surface area contributed by atoms with Crippen LogP contribution in [-0.2, 0) is 16.1 Å². The van der Waals surface area contributed by atoms with Crippen molar-refractivity contribution in [2.45, 2.75) is 25.4 Å². The van der Waals surface area contributed by atoms with Gasteiger partial charge in [0.15, 0.2) is 0 Å². The third-order valence-corrected chi connectivity index (χ3v) is 8.00. The molecule has 218 valence electrons. The lowest BCUT2D eigenvalue weighted by Gasteiger charge is -2.39. The number of pyridine rings is 1. The second-order valence-corrected chi connectivity index (χ2v) is 10.6. The molecule has 0 atom stereocenters. The normalized spacial score (nSPS) is 15.9. The molecule has 1 aromatic carbocycles. The van der Waals surface area contributed by atoms with Crippen molar-refractivity contribution >= 4 is 34.5 Å². The van der Waals surface area contributed by atoms with Gasteiger partial charge >= 0.3 is 0 Å². The fourth-order valence-electron chi connectivity index (χ4n) is 5.16. The van der Waals surface area contributed by atoms with Crippen molar-refractivity contribution < 1.29 is 19.0 Å². The standard InChI is InChI=1S/C29H35ClN6O5/c1-4-25(37)35-16-20(17-35)31-7-8-36-27-19(15-33-29(34-27)32-14-18-5-9-41-10-6-18)11-23(28(36)38)22-12-21(39-2)13-24(40-3)26(22)30/h4,11-13,15,18,20,31H,1,5-10,14,16-17H2,2-3H3,(H,32,33,34). The summed E-state index contributed by atoms with van der Waals surface area (Å²) in [5.74, 6) is 1.79. The lowest BCUT2D eigenvalue weighted by Crippen LogP contribution is -2.59. The molecule has 2 fully saturated rings. The van der Waals surface area contributed by atoms with Gasteiger partial charge < -0.3 is 29.7 Å². The van der Waals surface area contributed by atoms with E-state index in [1.807, 2.05) is 0 Å². The maximum absolute atomic E-state index is 14.0. The fourth-order valence-corrected chi connectivity index (χ4v) is 5.45. The van der Waals surface area contributed by atoms with E-state index in [0.717, 1.165) is 32.6 Å². The molecule has 2 N–H and O–H groups in total. The number of likely N-dealkylation sites (tertiary alicyclic amines) is 1. The average molecular weight is 583 g/mol. The van der Waals surface area contributed by atoms with Gasteiger partial charge in [-0.05, 0) is 37.0 Å². The summed E-state index contributed by atoms with van der Waals surface area (Å²) < 4.78 is 18.0. The van der Waals surface area contributed by atoms with E-state index in [0.29, 0.717) is 76.7 Å². The van der Waals surface area contributed by atoms with E-state index < -0.39 is 0 Å². The first kappa shape index (κ1) is 28.8. The first-order valence-corrected chi connectivity index (χ1v) is 14.1. The van der Waals surface area contributed by atoms with E-state index in [-0.39, 0.29) is 17.5 Å². The molecule has 0 radical (unpaired) electrons. The highest BCUT2D eigenvalue weighted by molar-refractivity contribution is 6.35. The maximum atomic E-state index is 14.0. The highest BCUT2D eigenvalue weighted by Crippen LogP contribution is 2.38. The van der Waals surface area contributed by atoms with Gasteiger partial charge in [-0.25, -0.2) is 4.98 Å². The molecule has 0 spiro atoms. The summed E-state index contributed by atoms with van der Waals surface area (Å²) in [7, 11) is 3.06. The van der Waals surface area contributed by atoms with Crippen LogP contribution in [0, 0.1) is 5.92 Å². The molecule has 2 saturated heterocycles. The number of hydrogen-bond donors (Lipinski definition) is 2. The zero-order chi connectivity index (χ0) is 28.9. The Labute approximate surface area is 243 Å². The molecule has 0 unspecified atom stereocenters. The molecule has 11 nitrogen and oxygen atoms in total. The molecule has 12 heteroatoms. The average Bonchev–Trinajstić information content (AvgIpc) is 2.98. The minimum Gasteiger partial charge on any atom is -0.497 e. The summed E-state index contributed by atoms with van der Waals surface area (Å²) in [5, 5.41) is 7.78. The second-order valence-electron chi connectivity index (χ2n) is 10.2. The van der Waals surface area contributed by atoms with Gasteiger partial charge in [0.1, 0.15) is 17.1 Å². The summed E-state index contributed by atoms with van der Waals surface area (Å²) in [6.07, 6.45) is 5.02. The molecule has 4 heterocycles. The Morgan fingerprint density at radius 1 is 1.20 bits per heavy atom. The maximum Gasteiger partial charge on any atom is 0.260 e. The van der Waals surface area contributed by atoms with Gasteiger partial charge in [0.05, 0.1) is 19.2 Å². The van der Waals surface area contributed by atoms with E-state index >= 15 is 0 Å². The van der Waals surface area contributed by atoms with Gasteiger partial charge in [0, 0.05) is 80.8 Å². The monoisotopic (exact) mass is 582 g/mol. The van der Waals surface area contributed by atoms with Crippen LogP contribution in [0.4, 0.5) is 5.95 Å². The van der Waals surface area contributed by atoms with Gasteiger partial charge in [-0.2, -0.15) is 4.98 Å². The molecule has 0 bridgehead atoms. The molecule has 5 rings (SSSR count). The molecule has 1 amide bonds. The Morgan fingerprint density at radius 2 is 1.98 bits per heavy atom. The van der Waals surface area contributed by atoms with Gasteiger partial charge in [-0.15, -0.1) is 0 Å². The van der Waals surface area contributed by atoms with Crippen LogP contribution in [0.5, 0.6) is 11.5 Å². The van der Waals surface area contributed by atoms with Crippen molar-refractivity contribution in [2.24, 2.45) is 5.92 Å². The Morgan fingerprint density at radius 3 is 2.68 bits per heavy atom. The third kappa shape index (κ3) is 6.32. The van der Waals surface area contributed by atoms with Gasteiger partial charge in [0.2, 0.25) is 11.9 Å². The zero-order valence-electron chi connectivity index (χ0n) is 23.3. The number of ether oxygens (including phenoxy) is 3. The van der Waals surface area contributed by atoms with E-state index in [1.54, 1.807) is 41.0 Å². The summed E-state index contributed by atoms with van der Waals surface area (Å²) in [6.45, 7) is 7.85. The minimum atomic E-state index is -0.248. The quantitative estimate of drug-likeness (QED) is 0.329. The summed E-state index contributed by atoms with van der Waals surface area (Å²) >= 11 is 6.68. The fraction of sp³-hybridized carbons (Fsp3) is 0.448. The molecular formula is C29H35ClN6O5. The van der Waals surface area contributed by atoms with Crippen LogP contribution in [0.15, 0.2) is 41.8 Å². The number of carbonyl (C=O) groups is 1. The van der Waals surface area contributed by atoms with Crippen molar-refractivity contribution in [1.29, 1.82) is 0 Å². The van der Waals surface area contributed by atoms with Crippen molar-refractivity contribution in [3.63, 3.8) is 0 Å². The molecule has 2 aliphatic rings. The Kier molecular flexibility index (Phi) is 9.06. The van der Waals surface area contributed by atoms with Crippen LogP contribution >= 0.6 is 11.6 Å². The Hall–Kier alpha value is -3.67. The van der Waals surface area contributed by atoms with E-state index in [2.05, 4.69) is 22.2 Å². The van der Waals surface area contributed by atoms with Crippen molar-refractivity contribution in [3.05, 3.63) is 52.4 Å². The number of benzene rings is 1. The first-order valence-electron chi connectivity index (χ1n) is 13.7. The largest absolute Gasteiger partial charge is 0.497 e. The number of aromatic nitrogens is 3. The van der Waals surface area contributed by atoms with E-state index in [9.17, 15) is 9.59 Å². The molecular weight excluding hydrogens is 548 g/mol. The second kappa shape index (κ2) is 12.9. The number of anilines is 1. The summed E-state index contributed by atoms with van der Waals surface area (Å²) in [6, 6.07) is 5.30. The van der Waals surface area contributed by atoms with E-state index in [4.69, 9.17) is 30.8 Å². The number of nitrogens with one attached hydrogen (secondary N) is 2. The van der Waals surface area contributed by atoms with Crippen molar-refractivity contribution in [2.75, 3.05) is 58.9 Å². The van der Waals surface area contributed by atoms with Gasteiger partial charge in [-0.3, -0.25) is 14.2 Å². The SMILES string of the molecule is C=CC(=O)N1CC(NCCn2c(=O)c(-c3cc(OC)cc(OC)c3Cl)cc3cnc(NCC4CCOCC4)nc32)C1. The Balaban J connectivity index is 1.46. The first-order chi connectivity index (χ1) is 19.9. The topological polar surface area (TPSA) is 120 Å². The van der Waals surface area contributed by atoms with Crippen LogP contribution in [0.1, 0.15) is 12.8 Å². The van der Waals surface area contributed by atoms with Gasteiger partial charge in [0.25, 0.3) is 5.56 Å². The van der Waals surface area contributed by atoms with Crippen molar-refractivity contribution in [1.82, 2.24) is 24.8 Å². The minimum absolute atomic E-state index is 0.0824. The van der Waals surface area contributed by atoms with Crippen LogP contribution in [0.3, 0.4) is 0 Å². The number of amides is 1. The van der Waals surface area contributed by atoms with E-state index in [1.165, 1.54) is 13.2 Å². The lowest BCUT2D eigenvalue weighted by molar-refractivity contribution is -0.130. The van der Waals surface area contributed by atoms with Crippen LogP contribution < -0.4 is 25.7 Å². The summed E-state index contributed by atoms with van der Waals surface area (Å²) in [4.78, 5) is 36.8. The number of methoxy groups -OCH3 is 2. The zero-order valence-corrected chi connectivity index (χ0v) is 24.1. The number of carbonyl (C=O) groups excluding carboxylic acids is 1. The highest BCUT2D eigenvalue weighted by atomic mass is 35.5. The predicted molar refractivity (Wildman–Crippen MR) is 158 cm³/mol. The van der Waals surface area contributed by atoms with Crippen LogP contribution in [-0.4, -0.2) is 85.0 Å². The molecule has 0 saturated carbocycles. The number of rotatable bonds is 11. The smallest absolute Gasteiger partial charge is 0.260 e. The molecule has 2 aliphatic heterocycles. The number of nitrogens with zero attached hydrogens (tertiary/aromatic N) is 4. The van der Waals surface area contributed by atoms with Crippen LogP contribution in [0.25, 0.3) is 22.2 Å². The predicted octanol–water partition coefficient (Wildman–Crippen LogP) is 2.95. The van der Waals surface area contributed by atoms with Crippen molar-refractivity contribution in [3.8, 4) is 22.6 Å². The summed E-state index contributed by atoms with van der Waals surface area (Å²) in [5.41, 5.74) is 1.16. The molecule has 41 heavy (non-hydrogen) atoms. The molecule has 2 aromatic heterocycles. The van der Waals surface area contributed by atoms with Crippen LogP contribution in [0.2, 0.25) is 5.02 Å².